The van der Waals surface area contributed by atoms with Crippen molar-refractivity contribution in [3.8, 4) is 0 Å². The van der Waals surface area contributed by atoms with Crippen LogP contribution in [0.25, 0.3) is 0 Å². The number of ether oxygens (including phenoxy) is 1. The minimum Gasteiger partial charge on any atom is -0.466 e. The third-order valence-electron chi connectivity index (χ3n) is 16.4. The van der Waals surface area contributed by atoms with Gasteiger partial charge in [-0.25, -0.2) is 0 Å². The van der Waals surface area contributed by atoms with E-state index in [0.717, 1.165) is 44.9 Å². The summed E-state index contributed by atoms with van der Waals surface area (Å²) in [4.78, 5) is 24.5. The van der Waals surface area contributed by atoms with Gasteiger partial charge in [-0.15, -0.1) is 0 Å². The maximum atomic E-state index is 12.5. The number of aliphatic hydroxyl groups excluding tert-OH is 2. The summed E-state index contributed by atoms with van der Waals surface area (Å²) < 4.78 is 5.49. The van der Waals surface area contributed by atoms with Crippen LogP contribution < -0.4 is 5.32 Å². The van der Waals surface area contributed by atoms with Crippen molar-refractivity contribution in [1.82, 2.24) is 5.32 Å². The summed E-state index contributed by atoms with van der Waals surface area (Å²) in [5.41, 5.74) is 0. The molecular formula is C72H137NO5. The molecular weight excluding hydrogens is 959 g/mol. The molecule has 0 saturated carbocycles. The average Bonchev–Trinajstić information content (AvgIpc) is 3.44. The van der Waals surface area contributed by atoms with Crippen LogP contribution in [0.2, 0.25) is 0 Å². The Labute approximate surface area is 487 Å². The van der Waals surface area contributed by atoms with Crippen molar-refractivity contribution in [2.45, 2.75) is 398 Å². The number of rotatable bonds is 66. The highest BCUT2D eigenvalue weighted by Gasteiger charge is 2.18. The lowest BCUT2D eigenvalue weighted by Crippen LogP contribution is -2.45. The molecule has 0 aromatic heterocycles. The molecule has 0 saturated heterocycles. The average molecular weight is 1100 g/mol. The van der Waals surface area contributed by atoms with Crippen LogP contribution in [-0.2, 0) is 14.3 Å². The number of unbranched alkanes of at least 4 members (excludes halogenated alkanes) is 51. The fourth-order valence-corrected chi connectivity index (χ4v) is 11.0. The summed E-state index contributed by atoms with van der Waals surface area (Å²) >= 11 is 0. The summed E-state index contributed by atoms with van der Waals surface area (Å²) in [5.74, 6) is -0.0529. The van der Waals surface area contributed by atoms with Crippen molar-refractivity contribution in [2.75, 3.05) is 13.2 Å². The van der Waals surface area contributed by atoms with Crippen LogP contribution in [0.3, 0.4) is 0 Å². The Balaban J connectivity index is 3.35. The Morgan fingerprint density at radius 2 is 0.603 bits per heavy atom. The number of esters is 1. The molecule has 3 N–H and O–H groups in total. The quantitative estimate of drug-likeness (QED) is 0.0320. The molecule has 0 fully saturated rings. The van der Waals surface area contributed by atoms with Crippen LogP contribution in [0.5, 0.6) is 0 Å². The first kappa shape index (κ1) is 76.1. The van der Waals surface area contributed by atoms with Crippen molar-refractivity contribution < 1.29 is 24.5 Å². The molecule has 0 heterocycles. The van der Waals surface area contributed by atoms with E-state index >= 15 is 0 Å². The van der Waals surface area contributed by atoms with Gasteiger partial charge in [-0.3, -0.25) is 9.59 Å². The second-order valence-electron chi connectivity index (χ2n) is 24.2. The Morgan fingerprint density at radius 1 is 0.346 bits per heavy atom. The van der Waals surface area contributed by atoms with Crippen LogP contribution in [0.15, 0.2) is 36.5 Å². The van der Waals surface area contributed by atoms with Gasteiger partial charge in [0.1, 0.15) is 0 Å². The fourth-order valence-electron chi connectivity index (χ4n) is 11.0. The number of allylic oxidation sites excluding steroid dienone is 5. The van der Waals surface area contributed by atoms with E-state index < -0.39 is 12.1 Å². The van der Waals surface area contributed by atoms with E-state index in [9.17, 15) is 19.8 Å². The van der Waals surface area contributed by atoms with Gasteiger partial charge in [0, 0.05) is 12.8 Å². The molecule has 6 nitrogen and oxygen atoms in total. The summed E-state index contributed by atoms with van der Waals surface area (Å²) in [6, 6.07) is -0.625. The summed E-state index contributed by atoms with van der Waals surface area (Å²) in [5, 5.41) is 23.1. The largest absolute Gasteiger partial charge is 0.466 e. The van der Waals surface area contributed by atoms with Gasteiger partial charge in [0.25, 0.3) is 0 Å². The zero-order chi connectivity index (χ0) is 56.4. The van der Waals surface area contributed by atoms with Gasteiger partial charge >= 0.3 is 5.97 Å². The molecule has 0 rings (SSSR count). The van der Waals surface area contributed by atoms with E-state index in [2.05, 4.69) is 43.5 Å². The lowest BCUT2D eigenvalue weighted by Gasteiger charge is -2.20. The minimum atomic E-state index is -0.841. The van der Waals surface area contributed by atoms with Crippen molar-refractivity contribution in [1.29, 1.82) is 0 Å². The topological polar surface area (TPSA) is 95.9 Å². The lowest BCUT2D eigenvalue weighted by molar-refractivity contribution is -0.143. The van der Waals surface area contributed by atoms with Crippen LogP contribution in [-0.4, -0.2) is 47.4 Å². The zero-order valence-corrected chi connectivity index (χ0v) is 52.7. The van der Waals surface area contributed by atoms with Gasteiger partial charge in [0.15, 0.2) is 0 Å². The molecule has 78 heavy (non-hydrogen) atoms. The minimum absolute atomic E-state index is 0.0108. The van der Waals surface area contributed by atoms with Crippen LogP contribution in [0.1, 0.15) is 386 Å². The maximum absolute atomic E-state index is 12.5. The van der Waals surface area contributed by atoms with Gasteiger partial charge in [-0.2, -0.15) is 0 Å². The smallest absolute Gasteiger partial charge is 0.305 e. The fraction of sp³-hybridized carbons (Fsp3) is 0.889. The number of hydrogen-bond donors (Lipinski definition) is 3. The third-order valence-corrected chi connectivity index (χ3v) is 16.4. The van der Waals surface area contributed by atoms with Crippen LogP contribution in [0, 0.1) is 0 Å². The summed E-state index contributed by atoms with van der Waals surface area (Å²) in [6.45, 7) is 4.92. The standard InChI is InChI=1S/C72H137NO5/c1-3-5-7-9-11-13-15-17-37-42-46-50-54-58-62-66-72(77)78-67-63-59-55-51-47-43-39-36-34-32-30-28-26-24-22-20-18-19-21-23-25-27-29-31-33-35-38-41-45-49-53-57-61-65-71(76)73-69(68-74)70(75)64-60-56-52-48-44-40-16-14-12-10-8-6-4-2/h17,22,24,37,60,64,69-70,74-75H,3-16,18-21,23,25-36,38-59,61-63,65-68H2,1-2H3,(H,73,76)/b24-22-,37-17-,64-60+. The molecule has 1 amide bonds. The first-order valence-corrected chi connectivity index (χ1v) is 35.3. The van der Waals surface area contributed by atoms with Crippen molar-refractivity contribution >= 4 is 11.9 Å². The highest BCUT2D eigenvalue weighted by atomic mass is 16.5. The molecule has 2 atom stereocenters. The Morgan fingerprint density at radius 3 is 0.910 bits per heavy atom. The normalized spacial score (nSPS) is 12.7. The van der Waals surface area contributed by atoms with Gasteiger partial charge in [0.2, 0.25) is 5.91 Å². The first-order chi connectivity index (χ1) is 38.5. The van der Waals surface area contributed by atoms with E-state index in [-0.39, 0.29) is 18.5 Å². The molecule has 0 aromatic rings. The predicted molar refractivity (Wildman–Crippen MR) is 343 cm³/mol. The molecule has 460 valence electrons. The summed E-state index contributed by atoms with van der Waals surface area (Å²) in [6.07, 6.45) is 86.6. The number of carbonyl (C=O) groups is 2. The number of carbonyl (C=O) groups excluding carboxylic acids is 2. The third kappa shape index (κ3) is 63.3. The van der Waals surface area contributed by atoms with E-state index in [1.165, 1.54) is 315 Å². The van der Waals surface area contributed by atoms with E-state index in [1.807, 2.05) is 6.08 Å². The number of hydrogen-bond acceptors (Lipinski definition) is 5. The van der Waals surface area contributed by atoms with Crippen molar-refractivity contribution in [3.63, 3.8) is 0 Å². The molecule has 0 radical (unpaired) electrons. The second kappa shape index (κ2) is 67.6. The molecule has 0 aliphatic heterocycles. The predicted octanol–water partition coefficient (Wildman–Crippen LogP) is 22.7. The monoisotopic (exact) mass is 1100 g/mol. The van der Waals surface area contributed by atoms with Gasteiger partial charge in [-0.1, -0.05) is 326 Å². The SMILES string of the molecule is CCCCCCCC/C=C\CCCCCCCC(=O)OCCCCCCCCCCCCCC/C=C\CCCCCCCCCCCCCCCCCCCC(=O)NC(CO)C(O)/C=C/CCCCCCCCCCCCC. The molecule has 0 spiro atoms. The van der Waals surface area contributed by atoms with Crippen LogP contribution >= 0.6 is 0 Å². The van der Waals surface area contributed by atoms with Crippen molar-refractivity contribution in [3.05, 3.63) is 36.5 Å². The first-order valence-electron chi connectivity index (χ1n) is 35.3. The zero-order valence-electron chi connectivity index (χ0n) is 52.7. The Hall–Kier alpha value is -1.92. The summed E-state index contributed by atoms with van der Waals surface area (Å²) in [7, 11) is 0. The molecule has 0 aromatic carbocycles. The van der Waals surface area contributed by atoms with E-state index in [4.69, 9.17) is 4.74 Å². The Kier molecular flexibility index (Phi) is 65.9. The maximum Gasteiger partial charge on any atom is 0.305 e. The number of nitrogens with one attached hydrogen (secondary N) is 1. The van der Waals surface area contributed by atoms with Gasteiger partial charge in [0.05, 0.1) is 25.4 Å². The highest BCUT2D eigenvalue weighted by Crippen LogP contribution is 2.18. The van der Waals surface area contributed by atoms with Gasteiger partial charge < -0.3 is 20.3 Å². The highest BCUT2D eigenvalue weighted by molar-refractivity contribution is 5.76. The Bertz CT molecular complexity index is 1260. The number of aliphatic hydroxyl groups is 2. The van der Waals surface area contributed by atoms with Crippen LogP contribution in [0.4, 0.5) is 0 Å². The molecule has 0 bridgehead atoms. The second-order valence-corrected chi connectivity index (χ2v) is 24.2. The van der Waals surface area contributed by atoms with E-state index in [1.54, 1.807) is 6.08 Å². The van der Waals surface area contributed by atoms with Gasteiger partial charge in [-0.05, 0) is 83.5 Å². The van der Waals surface area contributed by atoms with E-state index in [0.29, 0.717) is 19.4 Å². The number of amides is 1. The molecule has 6 heteroatoms. The van der Waals surface area contributed by atoms with Crippen molar-refractivity contribution in [2.24, 2.45) is 0 Å². The molecule has 0 aliphatic carbocycles. The molecule has 0 aliphatic rings. The molecule has 2 unspecified atom stereocenters. The lowest BCUT2D eigenvalue weighted by atomic mass is 10.0.